The molecule has 1 amide bonds. The zero-order valence-electron chi connectivity index (χ0n) is 16.4. The van der Waals surface area contributed by atoms with Crippen LogP contribution in [-0.4, -0.2) is 30.0 Å². The predicted octanol–water partition coefficient (Wildman–Crippen LogP) is 4.14. The molecule has 6 nitrogen and oxygen atoms in total. The fourth-order valence-electron chi connectivity index (χ4n) is 2.71. The minimum absolute atomic E-state index is 0.00605. The Morgan fingerprint density at radius 1 is 1.10 bits per heavy atom. The van der Waals surface area contributed by atoms with E-state index >= 15 is 0 Å². The van der Waals surface area contributed by atoms with Gasteiger partial charge >= 0.3 is 5.97 Å². The molecule has 0 saturated heterocycles. The summed E-state index contributed by atoms with van der Waals surface area (Å²) in [5.41, 5.74) is 2.06. The summed E-state index contributed by atoms with van der Waals surface area (Å²) in [7, 11) is 0. The number of hydrogen-bond donors (Lipinski definition) is 1. The molecule has 1 atom stereocenters. The number of amides is 1. The maximum absolute atomic E-state index is 12.7. The molecule has 0 aliphatic carbocycles. The molecule has 0 aliphatic rings. The van der Waals surface area contributed by atoms with Gasteiger partial charge in [0.25, 0.3) is 5.91 Å². The molecule has 3 aromatic rings. The van der Waals surface area contributed by atoms with E-state index in [0.29, 0.717) is 21.9 Å². The normalized spacial score (nSPS) is 11.4. The van der Waals surface area contributed by atoms with E-state index in [1.165, 1.54) is 6.20 Å². The van der Waals surface area contributed by atoms with Gasteiger partial charge in [-0.15, -0.1) is 0 Å². The summed E-state index contributed by atoms with van der Waals surface area (Å²) >= 11 is 5.96. The van der Waals surface area contributed by atoms with Crippen LogP contribution in [0.25, 0.3) is 0 Å². The number of benzene rings is 2. The molecule has 0 bridgehead atoms. The zero-order chi connectivity index (χ0) is 21.3. The van der Waals surface area contributed by atoms with Gasteiger partial charge in [0.05, 0.1) is 12.1 Å². The monoisotopic (exact) mass is 424 g/mol. The first-order valence-corrected chi connectivity index (χ1v) is 9.74. The second-order valence-corrected chi connectivity index (χ2v) is 6.97. The molecule has 1 unspecified atom stereocenters. The highest BCUT2D eigenvalue weighted by atomic mass is 35.5. The number of carbonyl (C=O) groups excluding carboxylic acids is 2. The highest BCUT2D eigenvalue weighted by Crippen LogP contribution is 2.25. The molecule has 0 radical (unpaired) electrons. The summed E-state index contributed by atoms with van der Waals surface area (Å²) in [6.07, 6.45) is 2.09. The summed E-state index contributed by atoms with van der Waals surface area (Å²) in [5.74, 6) is -0.296. The Hall–Kier alpha value is -3.38. The van der Waals surface area contributed by atoms with Gasteiger partial charge in [0.15, 0.2) is 0 Å². The topological polar surface area (TPSA) is 77.5 Å². The number of aryl methyl sites for hydroxylation is 1. The van der Waals surface area contributed by atoms with Crippen molar-refractivity contribution in [2.24, 2.45) is 0 Å². The Bertz CT molecular complexity index is 994. The minimum atomic E-state index is -0.960. The quantitative estimate of drug-likeness (QED) is 0.434. The third kappa shape index (κ3) is 6.06. The van der Waals surface area contributed by atoms with Crippen LogP contribution in [-0.2, 0) is 9.53 Å². The van der Waals surface area contributed by atoms with E-state index in [4.69, 9.17) is 21.1 Å². The predicted molar refractivity (Wildman–Crippen MR) is 114 cm³/mol. The highest BCUT2D eigenvalue weighted by Gasteiger charge is 2.24. The molecule has 0 saturated carbocycles. The molecule has 0 aliphatic heterocycles. The fraction of sp³-hybridized carbons (Fsp3) is 0.174. The maximum Gasteiger partial charge on any atom is 0.352 e. The summed E-state index contributed by atoms with van der Waals surface area (Å²) in [6.45, 7) is 2.11. The largest absolute Gasteiger partial charge is 0.474 e. The summed E-state index contributed by atoms with van der Waals surface area (Å²) < 4.78 is 11.3. The van der Waals surface area contributed by atoms with Crippen LogP contribution in [0.1, 0.15) is 27.6 Å². The first kappa shape index (κ1) is 21.3. The SMILES string of the molecule is Cc1cccc(OC(C(=O)OCCNC(=O)c2cccnc2)c2ccc(Cl)cc2)c1. The van der Waals surface area contributed by atoms with Crippen molar-refractivity contribution in [3.8, 4) is 5.75 Å². The van der Waals surface area contributed by atoms with Crippen molar-refractivity contribution in [3.63, 3.8) is 0 Å². The number of pyridine rings is 1. The average Bonchev–Trinajstić information content (AvgIpc) is 2.76. The first-order chi connectivity index (χ1) is 14.5. The Balaban J connectivity index is 1.61. The van der Waals surface area contributed by atoms with Crippen LogP contribution < -0.4 is 10.1 Å². The molecular weight excluding hydrogens is 404 g/mol. The lowest BCUT2D eigenvalue weighted by Crippen LogP contribution is -2.30. The second kappa shape index (κ2) is 10.4. The van der Waals surface area contributed by atoms with Crippen LogP contribution in [0.5, 0.6) is 5.75 Å². The van der Waals surface area contributed by atoms with Crippen molar-refractivity contribution in [3.05, 3.63) is 94.8 Å². The van der Waals surface area contributed by atoms with Crippen LogP contribution in [0.4, 0.5) is 0 Å². The van der Waals surface area contributed by atoms with Gasteiger partial charge in [0, 0.05) is 23.0 Å². The van der Waals surface area contributed by atoms with E-state index in [0.717, 1.165) is 5.56 Å². The van der Waals surface area contributed by atoms with Gasteiger partial charge in [-0.25, -0.2) is 4.79 Å². The molecule has 3 rings (SSSR count). The summed E-state index contributed by atoms with van der Waals surface area (Å²) in [6, 6.07) is 17.5. The number of hydrogen-bond acceptors (Lipinski definition) is 5. The lowest BCUT2D eigenvalue weighted by molar-refractivity contribution is -0.152. The van der Waals surface area contributed by atoms with Crippen LogP contribution in [0.2, 0.25) is 5.02 Å². The number of esters is 1. The number of rotatable bonds is 8. The van der Waals surface area contributed by atoms with Crippen LogP contribution in [0.15, 0.2) is 73.1 Å². The smallest absolute Gasteiger partial charge is 0.352 e. The number of carbonyl (C=O) groups is 2. The van der Waals surface area contributed by atoms with Crippen LogP contribution in [0.3, 0.4) is 0 Å². The van der Waals surface area contributed by atoms with E-state index in [2.05, 4.69) is 10.3 Å². The Kier molecular flexibility index (Phi) is 7.40. The van der Waals surface area contributed by atoms with Gasteiger partial charge in [-0.05, 0) is 48.9 Å². The molecular formula is C23H21ClN2O4. The molecule has 2 aromatic carbocycles. The van der Waals surface area contributed by atoms with Gasteiger partial charge in [-0.2, -0.15) is 0 Å². The number of halogens is 1. The Morgan fingerprint density at radius 3 is 2.60 bits per heavy atom. The first-order valence-electron chi connectivity index (χ1n) is 9.36. The van der Waals surface area contributed by atoms with Gasteiger partial charge in [0.1, 0.15) is 12.4 Å². The number of nitrogens with one attached hydrogen (secondary N) is 1. The Labute approximate surface area is 179 Å². The van der Waals surface area contributed by atoms with Crippen molar-refractivity contribution in [2.45, 2.75) is 13.0 Å². The second-order valence-electron chi connectivity index (χ2n) is 6.53. The van der Waals surface area contributed by atoms with Gasteiger partial charge in [-0.3, -0.25) is 9.78 Å². The van der Waals surface area contributed by atoms with Crippen LogP contribution in [0, 0.1) is 6.92 Å². The standard InChI is InChI=1S/C23H21ClN2O4/c1-16-4-2-6-20(14-16)30-21(17-7-9-19(24)10-8-17)23(28)29-13-12-26-22(27)18-5-3-11-25-15-18/h2-11,14-15,21H,12-13H2,1H3,(H,26,27). The van der Waals surface area contributed by atoms with Gasteiger partial charge < -0.3 is 14.8 Å². The average molecular weight is 425 g/mol. The van der Waals surface area contributed by atoms with E-state index in [9.17, 15) is 9.59 Å². The lowest BCUT2D eigenvalue weighted by atomic mass is 10.1. The molecule has 1 aromatic heterocycles. The van der Waals surface area contributed by atoms with Crippen molar-refractivity contribution in [2.75, 3.05) is 13.2 Å². The van der Waals surface area contributed by atoms with Crippen molar-refractivity contribution < 1.29 is 19.1 Å². The van der Waals surface area contributed by atoms with Crippen LogP contribution >= 0.6 is 11.6 Å². The van der Waals surface area contributed by atoms with E-state index in [1.54, 1.807) is 48.7 Å². The zero-order valence-corrected chi connectivity index (χ0v) is 17.1. The molecule has 0 fully saturated rings. The van der Waals surface area contributed by atoms with Gasteiger partial charge in [0.2, 0.25) is 6.10 Å². The van der Waals surface area contributed by atoms with E-state index in [1.807, 2.05) is 25.1 Å². The molecule has 154 valence electrons. The number of aromatic nitrogens is 1. The third-order valence-electron chi connectivity index (χ3n) is 4.19. The third-order valence-corrected chi connectivity index (χ3v) is 4.44. The molecule has 0 spiro atoms. The van der Waals surface area contributed by atoms with Crippen molar-refractivity contribution >= 4 is 23.5 Å². The van der Waals surface area contributed by atoms with E-state index in [-0.39, 0.29) is 19.1 Å². The molecule has 30 heavy (non-hydrogen) atoms. The summed E-state index contributed by atoms with van der Waals surface area (Å²) in [4.78, 5) is 28.6. The highest BCUT2D eigenvalue weighted by molar-refractivity contribution is 6.30. The number of nitrogens with zero attached hydrogens (tertiary/aromatic N) is 1. The molecule has 1 N–H and O–H groups in total. The minimum Gasteiger partial charge on any atom is -0.474 e. The van der Waals surface area contributed by atoms with E-state index < -0.39 is 12.1 Å². The number of ether oxygens (including phenoxy) is 2. The van der Waals surface area contributed by atoms with Gasteiger partial charge in [-0.1, -0.05) is 35.9 Å². The summed E-state index contributed by atoms with van der Waals surface area (Å²) in [5, 5.41) is 3.24. The Morgan fingerprint density at radius 2 is 1.90 bits per heavy atom. The lowest BCUT2D eigenvalue weighted by Gasteiger charge is -2.19. The maximum atomic E-state index is 12.7. The van der Waals surface area contributed by atoms with Crippen molar-refractivity contribution in [1.82, 2.24) is 10.3 Å². The van der Waals surface area contributed by atoms with Crippen molar-refractivity contribution in [1.29, 1.82) is 0 Å². The fourth-order valence-corrected chi connectivity index (χ4v) is 2.83. The molecule has 1 heterocycles. The molecule has 7 heteroatoms.